The fraction of sp³-hybridized carbons (Fsp3) is 0.357. The summed E-state index contributed by atoms with van der Waals surface area (Å²) in [4.78, 5) is 27.7. The number of para-hydroxylation sites is 1. The summed E-state index contributed by atoms with van der Waals surface area (Å²) in [6, 6.07) is 6.77. The third-order valence-electron chi connectivity index (χ3n) is 3.95. The van der Waals surface area contributed by atoms with Gasteiger partial charge < -0.3 is 10.1 Å². The van der Waals surface area contributed by atoms with Crippen LogP contribution in [0.2, 0.25) is 0 Å². The highest BCUT2D eigenvalue weighted by Crippen LogP contribution is 2.43. The molecule has 0 aliphatic carbocycles. The minimum atomic E-state index is -5.25. The van der Waals surface area contributed by atoms with Crippen LogP contribution in [0.4, 0.5) is 13.2 Å². The fourth-order valence-corrected chi connectivity index (χ4v) is 2.81. The van der Waals surface area contributed by atoms with E-state index in [1.165, 1.54) is 6.34 Å². The second kappa shape index (κ2) is 5.48. The van der Waals surface area contributed by atoms with Crippen LogP contribution in [-0.4, -0.2) is 42.0 Å². The highest BCUT2D eigenvalue weighted by atomic mass is 19.4. The van der Waals surface area contributed by atoms with E-state index < -0.39 is 34.6 Å². The topological polar surface area (TPSA) is 97.0 Å². The summed E-state index contributed by atoms with van der Waals surface area (Å²) in [5.74, 6) is 1.66. The van der Waals surface area contributed by atoms with Crippen LogP contribution < -0.4 is 15.9 Å². The van der Waals surface area contributed by atoms with Crippen LogP contribution in [0, 0.1) is 0 Å². The summed E-state index contributed by atoms with van der Waals surface area (Å²) >= 11 is 0. The number of nitrogens with zero attached hydrogens (tertiary/aromatic N) is 2. The minimum Gasteiger partial charge on any atom is -0.480 e. The lowest BCUT2D eigenvalue weighted by Crippen LogP contribution is -2.56. The van der Waals surface area contributed by atoms with E-state index in [0.29, 0.717) is 17.9 Å². The molecular weight excluding hydrogens is 329 g/mol. The Labute approximate surface area is 134 Å². The molecule has 0 aromatic heterocycles. The Morgan fingerprint density at radius 1 is 1.38 bits per heavy atom. The number of hydrazine groups is 1. The molecule has 2 amide bonds. The molecule has 2 heterocycles. The van der Waals surface area contributed by atoms with Gasteiger partial charge in [-0.05, 0) is 6.07 Å². The second-order valence-corrected chi connectivity index (χ2v) is 5.49. The molecule has 10 heteroatoms. The van der Waals surface area contributed by atoms with E-state index in [9.17, 15) is 22.8 Å². The lowest BCUT2D eigenvalue weighted by atomic mass is 9.82. The summed E-state index contributed by atoms with van der Waals surface area (Å²) in [5, 5.41) is 2.46. The van der Waals surface area contributed by atoms with Crippen molar-refractivity contribution in [2.75, 3.05) is 6.54 Å². The maximum absolute atomic E-state index is 12.5. The predicted octanol–water partition coefficient (Wildman–Crippen LogP) is 0.456. The van der Waals surface area contributed by atoms with Crippen LogP contribution >= 0.6 is 0 Å². The number of fused-ring (bicyclic) bond motifs is 2. The molecule has 0 fully saturated rings. The van der Waals surface area contributed by atoms with Gasteiger partial charge in [0.1, 0.15) is 11.3 Å². The molecule has 1 spiro atoms. The van der Waals surface area contributed by atoms with Gasteiger partial charge in [-0.15, -0.1) is 0 Å². The summed E-state index contributed by atoms with van der Waals surface area (Å²) < 4.78 is 42.9. The van der Waals surface area contributed by atoms with Gasteiger partial charge in [0.2, 0.25) is 0 Å². The number of aliphatic imine (C=N–C) groups is 1. The van der Waals surface area contributed by atoms with Crippen molar-refractivity contribution >= 4 is 18.2 Å². The van der Waals surface area contributed by atoms with E-state index in [1.807, 2.05) is 0 Å². The molecule has 2 atom stereocenters. The molecule has 2 aliphatic rings. The van der Waals surface area contributed by atoms with Gasteiger partial charge in [0.25, 0.3) is 5.91 Å². The van der Waals surface area contributed by atoms with E-state index >= 15 is 0 Å². The molecular formula is C14H13F3N4O3. The van der Waals surface area contributed by atoms with Gasteiger partial charge in [0.15, 0.2) is 6.10 Å². The molecule has 3 N–H and O–H groups in total. The van der Waals surface area contributed by atoms with Gasteiger partial charge >= 0.3 is 12.1 Å². The molecule has 128 valence electrons. The number of amides is 2. The molecule has 0 bridgehead atoms. The zero-order valence-corrected chi connectivity index (χ0v) is 12.2. The summed E-state index contributed by atoms with van der Waals surface area (Å²) in [6.45, 7) is 0.356. The van der Waals surface area contributed by atoms with Gasteiger partial charge in [0, 0.05) is 18.5 Å². The molecule has 0 saturated heterocycles. The number of carbonyl (C=O) groups excluding carboxylic acids is 2. The van der Waals surface area contributed by atoms with E-state index in [4.69, 9.17) is 10.6 Å². The standard InChI is InChI=1S/C14H13F3N4O3/c15-14(16,17)12(23)21(18)11(22)10-5-13(6-19-7-20-13)8-3-1-2-4-9(8)24-10/h1-4,7,10H,5-6,18H2,(H,19,20). The van der Waals surface area contributed by atoms with E-state index in [2.05, 4.69) is 10.3 Å². The Hall–Kier alpha value is -2.62. The average Bonchev–Trinajstić information content (AvgIpc) is 3.01. The van der Waals surface area contributed by atoms with Crippen LogP contribution in [0.3, 0.4) is 0 Å². The van der Waals surface area contributed by atoms with Gasteiger partial charge in [-0.25, -0.2) is 10.9 Å². The molecule has 1 aromatic rings. The van der Waals surface area contributed by atoms with E-state index in [1.54, 1.807) is 24.3 Å². The maximum Gasteiger partial charge on any atom is 0.473 e. The van der Waals surface area contributed by atoms with Gasteiger partial charge in [0.05, 0.1) is 6.34 Å². The van der Waals surface area contributed by atoms with Crippen LogP contribution in [0.1, 0.15) is 12.0 Å². The quantitative estimate of drug-likeness (QED) is 0.439. The van der Waals surface area contributed by atoms with Crippen molar-refractivity contribution in [1.82, 2.24) is 10.3 Å². The van der Waals surface area contributed by atoms with Gasteiger partial charge in [-0.2, -0.15) is 13.2 Å². The smallest absolute Gasteiger partial charge is 0.473 e. The van der Waals surface area contributed by atoms with Crippen molar-refractivity contribution in [1.29, 1.82) is 0 Å². The SMILES string of the molecule is NN(C(=O)C1CC2(CNC=N2)c2ccccc2O1)C(=O)C(F)(F)F. The lowest BCUT2D eigenvalue weighted by Gasteiger charge is -2.37. The summed E-state index contributed by atoms with van der Waals surface area (Å²) in [7, 11) is 0. The number of nitrogens with one attached hydrogen (secondary N) is 1. The first-order valence-electron chi connectivity index (χ1n) is 6.98. The first-order chi connectivity index (χ1) is 11.2. The van der Waals surface area contributed by atoms with Crippen molar-refractivity contribution in [3.8, 4) is 5.75 Å². The predicted molar refractivity (Wildman–Crippen MR) is 75.7 cm³/mol. The second-order valence-electron chi connectivity index (χ2n) is 5.49. The summed E-state index contributed by atoms with van der Waals surface area (Å²) in [5.41, 5.74) is -0.141. The highest BCUT2D eigenvalue weighted by molar-refractivity contribution is 5.99. The molecule has 0 radical (unpaired) electrons. The fourth-order valence-electron chi connectivity index (χ4n) is 2.81. The molecule has 2 unspecified atom stereocenters. The lowest BCUT2D eigenvalue weighted by molar-refractivity contribution is -0.189. The Morgan fingerprint density at radius 2 is 2.08 bits per heavy atom. The first kappa shape index (κ1) is 16.2. The maximum atomic E-state index is 12.5. The number of carbonyl (C=O) groups is 2. The third kappa shape index (κ3) is 2.58. The van der Waals surface area contributed by atoms with Crippen LogP contribution in [-0.2, 0) is 15.1 Å². The monoisotopic (exact) mass is 342 g/mol. The van der Waals surface area contributed by atoms with Crippen molar-refractivity contribution < 1.29 is 27.5 Å². The van der Waals surface area contributed by atoms with Crippen molar-refractivity contribution in [2.24, 2.45) is 10.8 Å². The number of hydrogen-bond donors (Lipinski definition) is 2. The third-order valence-corrected chi connectivity index (χ3v) is 3.95. The molecule has 2 aliphatic heterocycles. The van der Waals surface area contributed by atoms with Crippen LogP contribution in [0.5, 0.6) is 5.75 Å². The Bertz CT molecular complexity index is 721. The van der Waals surface area contributed by atoms with Crippen LogP contribution in [0.15, 0.2) is 29.3 Å². The number of imide groups is 1. The van der Waals surface area contributed by atoms with E-state index in [-0.39, 0.29) is 6.42 Å². The normalized spacial score (nSPS) is 24.9. The van der Waals surface area contributed by atoms with Crippen molar-refractivity contribution in [2.45, 2.75) is 24.2 Å². The van der Waals surface area contributed by atoms with Gasteiger partial charge in [-0.3, -0.25) is 14.6 Å². The Kier molecular flexibility index (Phi) is 3.71. The Morgan fingerprint density at radius 3 is 2.71 bits per heavy atom. The van der Waals surface area contributed by atoms with Crippen molar-refractivity contribution in [3.05, 3.63) is 29.8 Å². The average molecular weight is 342 g/mol. The zero-order valence-electron chi connectivity index (χ0n) is 12.2. The number of benzene rings is 1. The number of halogens is 3. The van der Waals surface area contributed by atoms with Crippen LogP contribution in [0.25, 0.3) is 0 Å². The molecule has 1 aromatic carbocycles. The summed E-state index contributed by atoms with van der Waals surface area (Å²) in [6.07, 6.45) is -5.18. The molecule has 3 rings (SSSR count). The Balaban J connectivity index is 1.90. The number of rotatable bonds is 1. The highest BCUT2D eigenvalue weighted by Gasteiger charge is 2.50. The largest absolute Gasteiger partial charge is 0.480 e. The van der Waals surface area contributed by atoms with Crippen molar-refractivity contribution in [3.63, 3.8) is 0 Å². The molecule has 24 heavy (non-hydrogen) atoms. The molecule has 7 nitrogen and oxygen atoms in total. The first-order valence-corrected chi connectivity index (χ1v) is 6.98. The minimum absolute atomic E-state index is 0.0365. The molecule has 0 saturated carbocycles. The number of alkyl halides is 3. The zero-order chi connectivity index (χ0) is 17.5. The van der Waals surface area contributed by atoms with E-state index in [0.717, 1.165) is 0 Å². The van der Waals surface area contributed by atoms with Gasteiger partial charge in [-0.1, -0.05) is 18.2 Å². The number of nitrogens with two attached hydrogens (primary N) is 1. The number of hydrogen-bond acceptors (Lipinski definition) is 6. The number of ether oxygens (including phenoxy) is 1.